The van der Waals surface area contributed by atoms with Crippen LogP contribution in [0.5, 0.6) is 11.5 Å². The maximum atomic E-state index is 13.6. The third-order valence-electron chi connectivity index (χ3n) is 5.49. The number of carbonyl (C=O) groups is 2. The summed E-state index contributed by atoms with van der Waals surface area (Å²) >= 11 is 0. The Morgan fingerprint density at radius 2 is 1.53 bits per heavy atom. The van der Waals surface area contributed by atoms with E-state index in [0.717, 1.165) is 34.9 Å². The van der Waals surface area contributed by atoms with Crippen molar-refractivity contribution >= 4 is 28.3 Å². The lowest BCUT2D eigenvalue weighted by Crippen LogP contribution is -2.25. The molecule has 6 heteroatoms. The Hall–Kier alpha value is -3.54. The summed E-state index contributed by atoms with van der Waals surface area (Å²) in [6, 6.07) is 14.8. The number of anilines is 1. The SMILES string of the molecule is CCCOc1c2c(c(OCCC)c3ccccc13)C(=O)N(c1ccc(CC(=O)[O-])cc1)C2. The van der Waals surface area contributed by atoms with Crippen molar-refractivity contribution in [2.45, 2.75) is 39.7 Å². The Morgan fingerprint density at radius 1 is 0.938 bits per heavy atom. The molecule has 1 amide bonds. The van der Waals surface area contributed by atoms with Gasteiger partial charge in [-0.15, -0.1) is 0 Å². The zero-order valence-electron chi connectivity index (χ0n) is 18.3. The number of benzene rings is 3. The molecule has 1 heterocycles. The van der Waals surface area contributed by atoms with Gasteiger partial charge in [-0.3, -0.25) is 4.79 Å². The van der Waals surface area contributed by atoms with Gasteiger partial charge in [-0.2, -0.15) is 0 Å². The highest BCUT2D eigenvalue weighted by Gasteiger charge is 2.36. The summed E-state index contributed by atoms with van der Waals surface area (Å²) < 4.78 is 12.3. The zero-order valence-corrected chi connectivity index (χ0v) is 18.3. The second kappa shape index (κ2) is 9.30. The van der Waals surface area contributed by atoms with Crippen LogP contribution >= 0.6 is 0 Å². The van der Waals surface area contributed by atoms with Crippen molar-refractivity contribution in [3.63, 3.8) is 0 Å². The van der Waals surface area contributed by atoms with Crippen LogP contribution in [0.2, 0.25) is 0 Å². The molecule has 0 fully saturated rings. The molecule has 3 aromatic rings. The number of aliphatic carboxylic acids is 1. The first kappa shape index (κ1) is 21.7. The highest BCUT2D eigenvalue weighted by atomic mass is 16.5. The van der Waals surface area contributed by atoms with Crippen LogP contribution in [0.15, 0.2) is 48.5 Å². The van der Waals surface area contributed by atoms with Crippen LogP contribution in [0, 0.1) is 0 Å². The summed E-state index contributed by atoms with van der Waals surface area (Å²) in [6.07, 6.45) is 1.52. The number of carboxylic acids is 1. The van der Waals surface area contributed by atoms with Crippen LogP contribution in [-0.4, -0.2) is 25.1 Å². The molecule has 0 atom stereocenters. The van der Waals surface area contributed by atoms with E-state index in [1.54, 1.807) is 29.2 Å². The topological polar surface area (TPSA) is 78.9 Å². The molecule has 0 aliphatic carbocycles. The molecule has 0 N–H and O–H groups in total. The zero-order chi connectivity index (χ0) is 22.7. The van der Waals surface area contributed by atoms with Gasteiger partial charge in [-0.25, -0.2) is 0 Å². The van der Waals surface area contributed by atoms with E-state index in [2.05, 4.69) is 0 Å². The summed E-state index contributed by atoms with van der Waals surface area (Å²) in [4.78, 5) is 26.2. The first-order valence-corrected chi connectivity index (χ1v) is 11.0. The summed E-state index contributed by atoms with van der Waals surface area (Å²) in [5, 5.41) is 12.7. The average molecular weight is 432 g/mol. The number of ether oxygens (including phenoxy) is 2. The second-order valence-corrected chi connectivity index (χ2v) is 7.86. The first-order chi connectivity index (χ1) is 15.5. The predicted molar refractivity (Wildman–Crippen MR) is 121 cm³/mol. The highest BCUT2D eigenvalue weighted by molar-refractivity contribution is 6.16. The summed E-state index contributed by atoms with van der Waals surface area (Å²) in [5.41, 5.74) is 2.69. The largest absolute Gasteiger partial charge is 0.550 e. The smallest absolute Gasteiger partial charge is 0.262 e. The van der Waals surface area contributed by atoms with Crippen molar-refractivity contribution in [3.05, 3.63) is 65.2 Å². The Labute approximate surface area is 187 Å². The maximum Gasteiger partial charge on any atom is 0.262 e. The molecule has 4 rings (SSSR count). The molecule has 0 saturated heterocycles. The van der Waals surface area contributed by atoms with Crippen LogP contribution in [-0.2, 0) is 17.8 Å². The van der Waals surface area contributed by atoms with Crippen molar-refractivity contribution in [2.75, 3.05) is 18.1 Å². The van der Waals surface area contributed by atoms with Gasteiger partial charge < -0.3 is 24.3 Å². The van der Waals surface area contributed by atoms with E-state index in [1.807, 2.05) is 38.1 Å². The highest BCUT2D eigenvalue weighted by Crippen LogP contribution is 2.46. The summed E-state index contributed by atoms with van der Waals surface area (Å²) in [7, 11) is 0. The van der Waals surface area contributed by atoms with E-state index in [-0.39, 0.29) is 12.3 Å². The lowest BCUT2D eigenvalue weighted by atomic mass is 9.99. The van der Waals surface area contributed by atoms with Gasteiger partial charge in [0.2, 0.25) is 0 Å². The van der Waals surface area contributed by atoms with Gasteiger partial charge in [0.25, 0.3) is 5.91 Å². The Kier molecular flexibility index (Phi) is 6.30. The molecule has 6 nitrogen and oxygen atoms in total. The van der Waals surface area contributed by atoms with Gasteiger partial charge in [-0.1, -0.05) is 50.2 Å². The van der Waals surface area contributed by atoms with Gasteiger partial charge in [0.15, 0.2) is 0 Å². The van der Waals surface area contributed by atoms with Crippen molar-refractivity contribution in [1.29, 1.82) is 0 Å². The second-order valence-electron chi connectivity index (χ2n) is 7.86. The van der Waals surface area contributed by atoms with Gasteiger partial charge in [0, 0.05) is 34.4 Å². The molecule has 0 aromatic heterocycles. The van der Waals surface area contributed by atoms with E-state index in [0.29, 0.717) is 42.3 Å². The third-order valence-corrected chi connectivity index (χ3v) is 5.49. The fourth-order valence-electron chi connectivity index (χ4n) is 4.06. The van der Waals surface area contributed by atoms with Crippen molar-refractivity contribution in [3.8, 4) is 11.5 Å². The van der Waals surface area contributed by atoms with Gasteiger partial charge in [-0.05, 0) is 30.5 Å². The minimum absolute atomic E-state index is 0.147. The molecule has 32 heavy (non-hydrogen) atoms. The number of hydrogen-bond donors (Lipinski definition) is 0. The normalized spacial score (nSPS) is 12.8. The Bertz CT molecular complexity index is 1150. The quantitative estimate of drug-likeness (QED) is 0.513. The maximum absolute atomic E-state index is 13.6. The molecule has 0 bridgehead atoms. The molecular weight excluding hydrogens is 406 g/mol. The monoisotopic (exact) mass is 432 g/mol. The summed E-state index contributed by atoms with van der Waals surface area (Å²) in [6.45, 7) is 5.51. The molecular formula is C26H26NO5-. The van der Waals surface area contributed by atoms with E-state index in [1.165, 1.54) is 0 Å². The standard InChI is InChI=1S/C26H27NO5/c1-3-13-31-24-19-7-5-6-8-20(19)25(32-14-4-2)23-21(24)16-27(26(23)30)18-11-9-17(10-12-18)15-22(28)29/h5-12H,3-4,13-16H2,1-2H3,(H,28,29)/p-1. The number of hydrogen-bond acceptors (Lipinski definition) is 5. The predicted octanol–water partition coefficient (Wildman–Crippen LogP) is 3.87. The number of amides is 1. The van der Waals surface area contributed by atoms with Crippen LogP contribution in [0.1, 0.15) is 48.2 Å². The fourth-order valence-corrected chi connectivity index (χ4v) is 4.06. The van der Waals surface area contributed by atoms with Crippen LogP contribution in [0.25, 0.3) is 10.8 Å². The van der Waals surface area contributed by atoms with Crippen molar-refractivity contribution in [1.82, 2.24) is 0 Å². The van der Waals surface area contributed by atoms with E-state index in [4.69, 9.17) is 9.47 Å². The molecule has 0 unspecified atom stereocenters. The van der Waals surface area contributed by atoms with Crippen molar-refractivity contribution in [2.24, 2.45) is 0 Å². The van der Waals surface area contributed by atoms with Crippen LogP contribution < -0.4 is 19.5 Å². The van der Waals surface area contributed by atoms with Crippen LogP contribution in [0.3, 0.4) is 0 Å². The van der Waals surface area contributed by atoms with E-state index >= 15 is 0 Å². The number of carbonyl (C=O) groups excluding carboxylic acids is 2. The van der Waals surface area contributed by atoms with E-state index < -0.39 is 5.97 Å². The van der Waals surface area contributed by atoms with Crippen LogP contribution in [0.4, 0.5) is 5.69 Å². The lowest BCUT2D eigenvalue weighted by Gasteiger charge is -2.17. The minimum Gasteiger partial charge on any atom is -0.550 e. The van der Waals surface area contributed by atoms with Gasteiger partial charge in [0.05, 0.1) is 25.3 Å². The molecule has 0 radical (unpaired) electrons. The number of nitrogens with zero attached hydrogens (tertiary/aromatic N) is 1. The molecule has 3 aromatic carbocycles. The lowest BCUT2D eigenvalue weighted by molar-refractivity contribution is -0.304. The molecule has 0 saturated carbocycles. The number of rotatable bonds is 9. The molecule has 166 valence electrons. The fraction of sp³-hybridized carbons (Fsp3) is 0.308. The molecule has 1 aliphatic rings. The molecule has 1 aliphatic heterocycles. The molecule has 0 spiro atoms. The van der Waals surface area contributed by atoms with E-state index in [9.17, 15) is 14.7 Å². The first-order valence-electron chi connectivity index (χ1n) is 11.0. The Balaban J connectivity index is 1.82. The minimum atomic E-state index is -1.13. The summed E-state index contributed by atoms with van der Waals surface area (Å²) in [5.74, 6) is 0.0449. The third kappa shape index (κ3) is 4.00. The average Bonchev–Trinajstić information content (AvgIpc) is 3.13. The number of fused-ring (bicyclic) bond motifs is 2. The van der Waals surface area contributed by atoms with Gasteiger partial charge in [0.1, 0.15) is 11.5 Å². The van der Waals surface area contributed by atoms with Crippen molar-refractivity contribution < 1.29 is 24.2 Å². The number of carboxylic acid groups (broad SMARTS) is 1. The van der Waals surface area contributed by atoms with Gasteiger partial charge >= 0.3 is 0 Å². The Morgan fingerprint density at radius 3 is 2.12 bits per heavy atom.